The highest BCUT2D eigenvalue weighted by atomic mass is 19.1. The average Bonchev–Trinajstić information content (AvgIpc) is 2.86. The molecule has 7 nitrogen and oxygen atoms in total. The summed E-state index contributed by atoms with van der Waals surface area (Å²) in [4.78, 5) is 22.4. The third kappa shape index (κ3) is 3.62. The van der Waals surface area contributed by atoms with Gasteiger partial charge >= 0.3 is 5.97 Å². The number of carboxylic acids is 1. The molecule has 0 bridgehead atoms. The second-order valence-electron chi connectivity index (χ2n) is 4.42. The van der Waals surface area contributed by atoms with E-state index in [1.165, 1.54) is 12.3 Å². The first-order chi connectivity index (χ1) is 9.97. The third-order valence-electron chi connectivity index (χ3n) is 2.75. The Balaban J connectivity index is 1.99. The maximum absolute atomic E-state index is 13.8. The maximum atomic E-state index is 13.8. The number of aliphatic carboxylic acids is 1. The summed E-state index contributed by atoms with van der Waals surface area (Å²) in [5.41, 5.74) is 0.723. The van der Waals surface area contributed by atoms with Gasteiger partial charge in [-0.1, -0.05) is 17.3 Å². The van der Waals surface area contributed by atoms with E-state index in [1.54, 1.807) is 19.1 Å². The van der Waals surface area contributed by atoms with Gasteiger partial charge in [-0.05, 0) is 18.6 Å². The smallest absolute Gasteiger partial charge is 0.325 e. The Morgan fingerprint density at radius 3 is 2.90 bits per heavy atom. The van der Waals surface area contributed by atoms with Gasteiger partial charge in [0, 0.05) is 0 Å². The van der Waals surface area contributed by atoms with Gasteiger partial charge in [0.15, 0.2) is 0 Å². The van der Waals surface area contributed by atoms with E-state index in [2.05, 4.69) is 15.6 Å². The van der Waals surface area contributed by atoms with Crippen molar-refractivity contribution in [1.82, 2.24) is 20.3 Å². The van der Waals surface area contributed by atoms with E-state index in [9.17, 15) is 14.0 Å². The lowest BCUT2D eigenvalue weighted by Gasteiger charge is -2.05. The summed E-state index contributed by atoms with van der Waals surface area (Å²) in [7, 11) is 0. The van der Waals surface area contributed by atoms with Crippen molar-refractivity contribution in [3.63, 3.8) is 0 Å². The van der Waals surface area contributed by atoms with Gasteiger partial charge in [-0.15, -0.1) is 5.10 Å². The Morgan fingerprint density at radius 2 is 2.19 bits per heavy atom. The van der Waals surface area contributed by atoms with Crippen LogP contribution in [-0.2, 0) is 17.9 Å². The van der Waals surface area contributed by atoms with E-state index < -0.39 is 17.7 Å². The molecular formula is C13H13FN4O3. The van der Waals surface area contributed by atoms with Crippen molar-refractivity contribution >= 4 is 11.9 Å². The number of aromatic nitrogens is 3. The summed E-state index contributed by atoms with van der Waals surface area (Å²) in [6, 6.07) is 4.55. The fourth-order valence-electron chi connectivity index (χ4n) is 1.72. The monoisotopic (exact) mass is 292 g/mol. The number of carboxylic acid groups (broad SMARTS) is 1. The Bertz CT molecular complexity index is 684. The van der Waals surface area contributed by atoms with E-state index in [4.69, 9.17) is 5.11 Å². The molecule has 110 valence electrons. The predicted molar refractivity (Wildman–Crippen MR) is 70.0 cm³/mol. The lowest BCUT2D eigenvalue weighted by molar-refractivity contribution is -0.137. The molecular weight excluding hydrogens is 279 g/mol. The van der Waals surface area contributed by atoms with Crippen molar-refractivity contribution in [2.24, 2.45) is 0 Å². The van der Waals surface area contributed by atoms with Crippen LogP contribution in [0.3, 0.4) is 0 Å². The van der Waals surface area contributed by atoms with Crippen LogP contribution < -0.4 is 5.32 Å². The van der Waals surface area contributed by atoms with Gasteiger partial charge in [0.05, 0.1) is 18.3 Å². The molecule has 0 aliphatic heterocycles. The maximum Gasteiger partial charge on any atom is 0.325 e. The van der Waals surface area contributed by atoms with E-state index >= 15 is 0 Å². The van der Waals surface area contributed by atoms with Crippen LogP contribution >= 0.6 is 0 Å². The largest absolute Gasteiger partial charge is 0.480 e. The molecule has 1 aromatic carbocycles. The average molecular weight is 292 g/mol. The number of nitrogens with zero attached hydrogens (tertiary/aromatic N) is 3. The minimum atomic E-state index is -1.04. The van der Waals surface area contributed by atoms with Crippen LogP contribution in [0.2, 0.25) is 0 Å². The second-order valence-corrected chi connectivity index (χ2v) is 4.42. The lowest BCUT2D eigenvalue weighted by atomic mass is 10.1. The molecule has 1 heterocycles. The number of carbonyl (C=O) groups is 2. The van der Waals surface area contributed by atoms with Crippen LogP contribution in [0.4, 0.5) is 4.39 Å². The normalized spacial score (nSPS) is 10.4. The molecule has 0 atom stereocenters. The number of rotatable bonds is 5. The van der Waals surface area contributed by atoms with Crippen LogP contribution in [0.1, 0.15) is 21.6 Å². The standard InChI is InChI=1S/C13H13FN4O3/c1-8-3-2-4-10(12(8)14)13(21)15-5-9-6-18(17-16-9)7-11(19)20/h2-4,6H,5,7H2,1H3,(H,15,21)(H,19,20). The minimum absolute atomic E-state index is 0.0336. The zero-order valence-electron chi connectivity index (χ0n) is 11.2. The molecule has 0 saturated heterocycles. The van der Waals surface area contributed by atoms with Crippen LogP contribution in [0.25, 0.3) is 0 Å². The molecule has 8 heteroatoms. The van der Waals surface area contributed by atoms with Gasteiger partial charge in [-0.25, -0.2) is 9.07 Å². The minimum Gasteiger partial charge on any atom is -0.480 e. The number of amides is 1. The molecule has 1 aromatic heterocycles. The summed E-state index contributed by atoms with van der Waals surface area (Å²) in [5, 5.41) is 18.4. The number of benzene rings is 1. The number of carbonyl (C=O) groups excluding carboxylic acids is 1. The SMILES string of the molecule is Cc1cccc(C(=O)NCc2cn(CC(=O)O)nn2)c1F. The van der Waals surface area contributed by atoms with Crippen molar-refractivity contribution in [1.29, 1.82) is 0 Å². The molecule has 0 aliphatic carbocycles. The molecule has 2 N–H and O–H groups in total. The summed E-state index contributed by atoms with van der Waals surface area (Å²) >= 11 is 0. The highest BCUT2D eigenvalue weighted by molar-refractivity contribution is 5.94. The topological polar surface area (TPSA) is 97.1 Å². The predicted octanol–water partition coefficient (Wildman–Crippen LogP) is 0.740. The van der Waals surface area contributed by atoms with Crippen LogP contribution in [0, 0.1) is 12.7 Å². The molecule has 21 heavy (non-hydrogen) atoms. The van der Waals surface area contributed by atoms with Gasteiger partial charge < -0.3 is 10.4 Å². The summed E-state index contributed by atoms with van der Waals surface area (Å²) in [6.07, 6.45) is 1.40. The van der Waals surface area contributed by atoms with Crippen LogP contribution in [0.5, 0.6) is 0 Å². The zero-order valence-corrected chi connectivity index (χ0v) is 11.2. The van der Waals surface area contributed by atoms with Crippen molar-refractivity contribution in [2.75, 3.05) is 0 Å². The summed E-state index contributed by atoms with van der Waals surface area (Å²) in [6.45, 7) is 1.29. The number of hydrogen-bond donors (Lipinski definition) is 2. The molecule has 0 fully saturated rings. The molecule has 0 spiro atoms. The van der Waals surface area contributed by atoms with E-state index in [-0.39, 0.29) is 18.7 Å². The van der Waals surface area contributed by atoms with E-state index in [0.717, 1.165) is 4.68 Å². The summed E-state index contributed by atoms with van der Waals surface area (Å²) in [5.74, 6) is -2.18. The highest BCUT2D eigenvalue weighted by Crippen LogP contribution is 2.11. The van der Waals surface area contributed by atoms with Gasteiger partial charge in [-0.3, -0.25) is 9.59 Å². The van der Waals surface area contributed by atoms with E-state index in [1.807, 2.05) is 0 Å². The fourth-order valence-corrected chi connectivity index (χ4v) is 1.72. The second kappa shape index (κ2) is 6.12. The van der Waals surface area contributed by atoms with Crippen molar-refractivity contribution in [3.8, 4) is 0 Å². The molecule has 0 unspecified atom stereocenters. The van der Waals surface area contributed by atoms with E-state index in [0.29, 0.717) is 11.3 Å². The third-order valence-corrected chi connectivity index (χ3v) is 2.75. The Kier molecular flexibility index (Phi) is 4.27. The van der Waals surface area contributed by atoms with Crippen molar-refractivity contribution in [2.45, 2.75) is 20.0 Å². The molecule has 0 radical (unpaired) electrons. The first-order valence-corrected chi connectivity index (χ1v) is 6.11. The fraction of sp³-hybridized carbons (Fsp3) is 0.231. The Hall–Kier alpha value is -2.77. The zero-order chi connectivity index (χ0) is 15.4. The number of hydrogen-bond acceptors (Lipinski definition) is 4. The first-order valence-electron chi connectivity index (χ1n) is 6.11. The quantitative estimate of drug-likeness (QED) is 0.847. The van der Waals surface area contributed by atoms with Crippen LogP contribution in [0.15, 0.2) is 24.4 Å². The summed E-state index contributed by atoms with van der Waals surface area (Å²) < 4.78 is 14.9. The molecule has 2 rings (SSSR count). The molecule has 1 amide bonds. The molecule has 0 saturated carbocycles. The van der Waals surface area contributed by atoms with Crippen molar-refractivity contribution < 1.29 is 19.1 Å². The molecule has 0 aliphatic rings. The van der Waals surface area contributed by atoms with Crippen molar-refractivity contribution in [3.05, 3.63) is 47.0 Å². The van der Waals surface area contributed by atoms with Crippen LogP contribution in [-0.4, -0.2) is 32.0 Å². The number of aryl methyl sites for hydroxylation is 1. The van der Waals surface area contributed by atoms with Gasteiger partial charge in [-0.2, -0.15) is 0 Å². The number of halogens is 1. The highest BCUT2D eigenvalue weighted by Gasteiger charge is 2.13. The first kappa shape index (κ1) is 14.6. The van der Waals surface area contributed by atoms with Gasteiger partial charge in [0.2, 0.25) is 0 Å². The Morgan fingerprint density at radius 1 is 1.43 bits per heavy atom. The van der Waals surface area contributed by atoms with Gasteiger partial charge in [0.25, 0.3) is 5.91 Å². The molecule has 2 aromatic rings. The number of nitrogens with one attached hydrogen (secondary N) is 1. The lowest BCUT2D eigenvalue weighted by Crippen LogP contribution is -2.24. The Labute approximate surface area is 119 Å². The van der Waals surface area contributed by atoms with Gasteiger partial charge in [0.1, 0.15) is 18.1 Å².